The lowest BCUT2D eigenvalue weighted by Crippen LogP contribution is -2.50. The number of para-hydroxylation sites is 1. The molecule has 0 atom stereocenters. The fraction of sp³-hybridized carbons (Fsp3) is 0.417. The molecule has 0 aromatic heterocycles. The van der Waals surface area contributed by atoms with E-state index in [0.29, 0.717) is 43.5 Å². The highest BCUT2D eigenvalue weighted by atomic mass is 32.2. The van der Waals surface area contributed by atoms with Gasteiger partial charge in [0.2, 0.25) is 0 Å². The molecule has 2 aromatic carbocycles. The van der Waals surface area contributed by atoms with Gasteiger partial charge in [-0.1, -0.05) is 42.5 Å². The van der Waals surface area contributed by atoms with Crippen molar-refractivity contribution in [2.24, 2.45) is 0 Å². The molecule has 2 aromatic rings. The fourth-order valence-electron chi connectivity index (χ4n) is 4.70. The SMILES string of the molecule is COc1ccccc1C(=O)NC[C@]1(c2ccccc2)CC[C@@H](NS(=O)(=O)N2CCOC2=O)CC1. The molecule has 1 saturated heterocycles. The lowest BCUT2D eigenvalue weighted by atomic mass is 9.68. The lowest BCUT2D eigenvalue weighted by Gasteiger charge is -2.41. The number of nitrogens with zero attached hydrogens (tertiary/aromatic N) is 1. The molecule has 4 rings (SSSR count). The second kappa shape index (κ2) is 10.0. The summed E-state index contributed by atoms with van der Waals surface area (Å²) in [6.07, 6.45) is 1.63. The number of amides is 2. The first-order valence-corrected chi connectivity index (χ1v) is 12.7. The van der Waals surface area contributed by atoms with E-state index in [9.17, 15) is 18.0 Å². The van der Waals surface area contributed by atoms with Crippen molar-refractivity contribution in [3.8, 4) is 5.75 Å². The maximum absolute atomic E-state index is 12.9. The van der Waals surface area contributed by atoms with Gasteiger partial charge in [0.05, 0.1) is 19.2 Å². The molecular weight excluding hydrogens is 458 g/mol. The molecule has 2 fully saturated rings. The zero-order valence-electron chi connectivity index (χ0n) is 19.0. The van der Waals surface area contributed by atoms with Gasteiger partial charge in [-0.25, -0.2) is 4.79 Å². The van der Waals surface area contributed by atoms with Crippen LogP contribution in [-0.4, -0.2) is 57.6 Å². The average Bonchev–Trinajstić information content (AvgIpc) is 3.31. The van der Waals surface area contributed by atoms with E-state index in [1.54, 1.807) is 18.2 Å². The predicted octanol–water partition coefficient (Wildman–Crippen LogP) is 2.59. The number of hydrogen-bond donors (Lipinski definition) is 2. The minimum absolute atomic E-state index is 0.0177. The normalized spacial score (nSPS) is 22.8. The van der Waals surface area contributed by atoms with Crippen molar-refractivity contribution in [1.29, 1.82) is 0 Å². The van der Waals surface area contributed by atoms with Gasteiger partial charge in [-0.2, -0.15) is 17.4 Å². The fourth-order valence-corrected chi connectivity index (χ4v) is 6.04. The molecule has 0 spiro atoms. The number of rotatable bonds is 8. The van der Waals surface area contributed by atoms with Crippen LogP contribution >= 0.6 is 0 Å². The van der Waals surface area contributed by atoms with Crippen LogP contribution in [0, 0.1) is 0 Å². The van der Waals surface area contributed by atoms with Gasteiger partial charge in [0.15, 0.2) is 0 Å². The number of ether oxygens (including phenoxy) is 2. The summed E-state index contributed by atoms with van der Waals surface area (Å²) in [4.78, 5) is 24.6. The predicted molar refractivity (Wildman–Crippen MR) is 126 cm³/mol. The number of nitrogens with one attached hydrogen (secondary N) is 2. The molecule has 2 aliphatic rings. The van der Waals surface area contributed by atoms with E-state index in [4.69, 9.17) is 9.47 Å². The second-order valence-corrected chi connectivity index (χ2v) is 10.2. The zero-order chi connectivity index (χ0) is 24.2. The Hall–Kier alpha value is -3.11. The third kappa shape index (κ3) is 5.02. The number of cyclic esters (lactones) is 1. The van der Waals surface area contributed by atoms with Crippen molar-refractivity contribution in [1.82, 2.24) is 14.3 Å². The molecule has 0 unspecified atom stereocenters. The van der Waals surface area contributed by atoms with Gasteiger partial charge in [-0.05, 0) is 43.4 Å². The Kier molecular flexibility index (Phi) is 7.08. The topological polar surface area (TPSA) is 114 Å². The minimum atomic E-state index is -3.96. The molecule has 1 saturated carbocycles. The Morgan fingerprint density at radius 3 is 2.44 bits per heavy atom. The van der Waals surface area contributed by atoms with Crippen LogP contribution in [0.2, 0.25) is 0 Å². The highest BCUT2D eigenvalue weighted by Gasteiger charge is 2.40. The van der Waals surface area contributed by atoms with Crippen molar-refractivity contribution in [3.63, 3.8) is 0 Å². The Balaban J connectivity index is 1.46. The zero-order valence-corrected chi connectivity index (χ0v) is 19.8. The van der Waals surface area contributed by atoms with Crippen LogP contribution in [0.4, 0.5) is 4.79 Å². The smallest absolute Gasteiger partial charge is 0.424 e. The monoisotopic (exact) mass is 487 g/mol. The summed E-state index contributed by atoms with van der Waals surface area (Å²) in [6, 6.07) is 16.7. The van der Waals surface area contributed by atoms with Gasteiger partial charge in [0, 0.05) is 18.0 Å². The van der Waals surface area contributed by atoms with Gasteiger partial charge in [0.1, 0.15) is 12.4 Å². The van der Waals surface area contributed by atoms with Crippen LogP contribution in [0.3, 0.4) is 0 Å². The van der Waals surface area contributed by atoms with Crippen molar-refractivity contribution in [2.45, 2.75) is 37.1 Å². The molecule has 9 nitrogen and oxygen atoms in total. The summed E-state index contributed by atoms with van der Waals surface area (Å²) >= 11 is 0. The molecule has 2 N–H and O–H groups in total. The minimum Gasteiger partial charge on any atom is -0.496 e. The maximum Gasteiger partial charge on any atom is 0.424 e. The highest BCUT2D eigenvalue weighted by Crippen LogP contribution is 2.39. The third-order valence-electron chi connectivity index (χ3n) is 6.60. The maximum atomic E-state index is 12.9. The third-order valence-corrected chi connectivity index (χ3v) is 8.14. The first-order chi connectivity index (χ1) is 16.3. The molecule has 1 heterocycles. The Bertz CT molecular complexity index is 1130. The molecular formula is C24H29N3O6S. The van der Waals surface area contributed by atoms with Gasteiger partial charge in [-0.15, -0.1) is 0 Å². The van der Waals surface area contributed by atoms with Crippen LogP contribution in [0.15, 0.2) is 54.6 Å². The summed E-state index contributed by atoms with van der Waals surface area (Å²) in [7, 11) is -2.43. The van der Waals surface area contributed by atoms with Gasteiger partial charge < -0.3 is 14.8 Å². The van der Waals surface area contributed by atoms with E-state index in [1.807, 2.05) is 36.4 Å². The molecule has 1 aliphatic heterocycles. The number of carbonyl (C=O) groups excluding carboxylic acids is 2. The van der Waals surface area contributed by atoms with Gasteiger partial charge >= 0.3 is 16.3 Å². The van der Waals surface area contributed by atoms with Gasteiger partial charge in [-0.3, -0.25) is 4.79 Å². The molecule has 1 aliphatic carbocycles. The summed E-state index contributed by atoms with van der Waals surface area (Å²) < 4.78 is 38.7. The first kappa shape index (κ1) is 24.0. The first-order valence-electron chi connectivity index (χ1n) is 11.3. The molecule has 0 radical (unpaired) electrons. The van der Waals surface area contributed by atoms with E-state index in [1.165, 1.54) is 7.11 Å². The Morgan fingerprint density at radius 2 is 1.79 bits per heavy atom. The summed E-state index contributed by atoms with van der Waals surface area (Å²) in [5.74, 6) is 0.287. The van der Waals surface area contributed by atoms with E-state index >= 15 is 0 Å². The van der Waals surface area contributed by atoms with Gasteiger partial charge in [0.25, 0.3) is 5.91 Å². The Morgan fingerprint density at radius 1 is 1.12 bits per heavy atom. The van der Waals surface area contributed by atoms with Crippen LogP contribution in [-0.2, 0) is 20.4 Å². The second-order valence-electron chi connectivity index (χ2n) is 8.61. The summed E-state index contributed by atoms with van der Waals surface area (Å²) in [5.41, 5.74) is 1.22. The standard InChI is InChI=1S/C24H29N3O6S/c1-32-21-10-6-5-9-20(21)22(28)25-17-24(18-7-3-2-4-8-18)13-11-19(12-14-24)26-34(30,31)27-15-16-33-23(27)29/h2-10,19,26H,11-17H2,1H3,(H,25,28)/t19-,24+. The molecule has 34 heavy (non-hydrogen) atoms. The van der Waals surface area contributed by atoms with Crippen molar-refractivity contribution in [3.05, 3.63) is 65.7 Å². The van der Waals surface area contributed by atoms with Crippen molar-refractivity contribution >= 4 is 22.2 Å². The van der Waals surface area contributed by atoms with Crippen LogP contribution in [0.5, 0.6) is 5.75 Å². The summed E-state index contributed by atoms with van der Waals surface area (Å²) in [6.45, 7) is 0.489. The van der Waals surface area contributed by atoms with Crippen LogP contribution in [0.1, 0.15) is 41.6 Å². The van der Waals surface area contributed by atoms with Crippen LogP contribution < -0.4 is 14.8 Å². The van der Waals surface area contributed by atoms with Crippen LogP contribution in [0.25, 0.3) is 0 Å². The molecule has 2 amide bonds. The highest BCUT2D eigenvalue weighted by molar-refractivity contribution is 7.87. The lowest BCUT2D eigenvalue weighted by molar-refractivity contribution is 0.0932. The largest absolute Gasteiger partial charge is 0.496 e. The van der Waals surface area contributed by atoms with E-state index in [-0.39, 0.29) is 30.5 Å². The summed E-state index contributed by atoms with van der Waals surface area (Å²) in [5, 5.41) is 3.07. The Labute approximate surface area is 199 Å². The van der Waals surface area contributed by atoms with E-state index < -0.39 is 16.3 Å². The van der Waals surface area contributed by atoms with E-state index in [0.717, 1.165) is 9.87 Å². The van der Waals surface area contributed by atoms with E-state index in [2.05, 4.69) is 10.0 Å². The molecule has 182 valence electrons. The molecule has 0 bridgehead atoms. The van der Waals surface area contributed by atoms with Crippen molar-refractivity contribution < 1.29 is 27.5 Å². The quantitative estimate of drug-likeness (QED) is 0.592. The number of hydrogen-bond acceptors (Lipinski definition) is 6. The number of carbonyl (C=O) groups is 2. The van der Waals surface area contributed by atoms with Crippen molar-refractivity contribution in [2.75, 3.05) is 26.8 Å². The average molecular weight is 488 g/mol. The number of methoxy groups -OCH3 is 1. The molecule has 10 heteroatoms. The number of benzene rings is 2.